The molecule has 2 aliphatic heterocycles. The summed E-state index contributed by atoms with van der Waals surface area (Å²) < 4.78 is 42.1. The molecule has 1 amide bonds. The van der Waals surface area contributed by atoms with Crippen molar-refractivity contribution in [3.05, 3.63) is 65.7 Å². The minimum atomic E-state index is -4.72. The highest BCUT2D eigenvalue weighted by Gasteiger charge is 2.37. The number of ether oxygens (including phenoxy) is 1. The van der Waals surface area contributed by atoms with Crippen LogP contribution in [0.5, 0.6) is 5.75 Å². The van der Waals surface area contributed by atoms with E-state index in [1.165, 1.54) is 12.1 Å². The van der Waals surface area contributed by atoms with Crippen molar-refractivity contribution in [3.8, 4) is 5.75 Å². The quantitative estimate of drug-likeness (QED) is 0.434. The molecule has 5 nitrogen and oxygen atoms in total. The second-order valence-electron chi connectivity index (χ2n) is 10.2. The van der Waals surface area contributed by atoms with Gasteiger partial charge in [-0.2, -0.15) is 0 Å². The number of benzene rings is 2. The lowest BCUT2D eigenvalue weighted by Gasteiger charge is -2.46. The minimum Gasteiger partial charge on any atom is -0.406 e. The van der Waals surface area contributed by atoms with Gasteiger partial charge in [-0.25, -0.2) is 0 Å². The molecule has 2 aromatic rings. The zero-order valence-corrected chi connectivity index (χ0v) is 23.5. The van der Waals surface area contributed by atoms with Crippen LogP contribution >= 0.6 is 24.8 Å². The van der Waals surface area contributed by atoms with Gasteiger partial charge in [0.2, 0.25) is 5.91 Å². The van der Waals surface area contributed by atoms with Crippen molar-refractivity contribution >= 4 is 30.7 Å². The Morgan fingerprint density at radius 1 is 0.974 bits per heavy atom. The van der Waals surface area contributed by atoms with E-state index in [2.05, 4.69) is 33.7 Å². The van der Waals surface area contributed by atoms with Crippen LogP contribution in [0.2, 0.25) is 0 Å². The van der Waals surface area contributed by atoms with Gasteiger partial charge in [-0.3, -0.25) is 9.69 Å². The third-order valence-electron chi connectivity index (χ3n) is 7.37. The lowest BCUT2D eigenvalue weighted by Crippen LogP contribution is -2.58. The van der Waals surface area contributed by atoms with Gasteiger partial charge in [0.15, 0.2) is 0 Å². The zero-order valence-electron chi connectivity index (χ0n) is 21.8. The van der Waals surface area contributed by atoms with Crippen molar-refractivity contribution in [1.29, 1.82) is 0 Å². The number of piperidine rings is 1. The summed E-state index contributed by atoms with van der Waals surface area (Å²) in [7, 11) is 0. The Morgan fingerprint density at radius 2 is 1.58 bits per heavy atom. The highest BCUT2D eigenvalue weighted by atomic mass is 35.5. The maximum Gasteiger partial charge on any atom is 0.573 e. The number of piperazine rings is 1. The SMILES string of the molecule is CC(C)[C@H]1CN(C(c2ccccc2)c2ccc(OC(F)(F)F)cc2)CCN1C(=O)CC1CCNCC1.Cl.Cl. The molecule has 2 atom stereocenters. The predicted molar refractivity (Wildman–Crippen MR) is 148 cm³/mol. The summed E-state index contributed by atoms with van der Waals surface area (Å²) in [6.45, 7) is 8.30. The van der Waals surface area contributed by atoms with Crippen molar-refractivity contribution in [3.63, 3.8) is 0 Å². The van der Waals surface area contributed by atoms with Crippen LogP contribution in [0.25, 0.3) is 0 Å². The molecule has 38 heavy (non-hydrogen) atoms. The van der Waals surface area contributed by atoms with E-state index >= 15 is 0 Å². The van der Waals surface area contributed by atoms with E-state index in [4.69, 9.17) is 0 Å². The molecule has 0 aromatic heterocycles. The van der Waals surface area contributed by atoms with Gasteiger partial charge in [0.05, 0.1) is 6.04 Å². The summed E-state index contributed by atoms with van der Waals surface area (Å²) in [5, 5.41) is 3.36. The fourth-order valence-electron chi connectivity index (χ4n) is 5.50. The third-order valence-corrected chi connectivity index (χ3v) is 7.37. The number of rotatable bonds is 7. The first-order chi connectivity index (χ1) is 17.2. The molecule has 2 aromatic carbocycles. The first-order valence-corrected chi connectivity index (χ1v) is 12.9. The molecular formula is C28H38Cl2F3N3O2. The maximum atomic E-state index is 13.3. The Hall–Kier alpha value is -2.00. The molecule has 2 heterocycles. The summed E-state index contributed by atoms with van der Waals surface area (Å²) >= 11 is 0. The number of nitrogens with one attached hydrogen (secondary N) is 1. The van der Waals surface area contributed by atoms with Crippen LogP contribution in [0.4, 0.5) is 13.2 Å². The Morgan fingerprint density at radius 3 is 2.16 bits per heavy atom. The van der Waals surface area contributed by atoms with Crippen LogP contribution in [-0.2, 0) is 4.79 Å². The van der Waals surface area contributed by atoms with Crippen molar-refractivity contribution in [2.45, 2.75) is 51.6 Å². The van der Waals surface area contributed by atoms with Crippen LogP contribution in [0.1, 0.15) is 50.3 Å². The van der Waals surface area contributed by atoms with Gasteiger partial charge in [0.25, 0.3) is 0 Å². The molecule has 0 spiro atoms. The highest BCUT2D eigenvalue weighted by molar-refractivity contribution is 5.85. The molecule has 0 saturated carbocycles. The maximum absolute atomic E-state index is 13.3. The van der Waals surface area contributed by atoms with Crippen LogP contribution in [0.15, 0.2) is 54.6 Å². The second kappa shape index (κ2) is 14.4. The van der Waals surface area contributed by atoms with E-state index in [-0.39, 0.29) is 54.5 Å². The number of carbonyl (C=O) groups is 1. The van der Waals surface area contributed by atoms with Gasteiger partial charge in [0.1, 0.15) is 5.75 Å². The van der Waals surface area contributed by atoms with Crippen molar-refractivity contribution in [1.82, 2.24) is 15.1 Å². The average Bonchev–Trinajstić information content (AvgIpc) is 2.85. The summed E-state index contributed by atoms with van der Waals surface area (Å²) in [5.74, 6) is 0.736. The van der Waals surface area contributed by atoms with Crippen molar-refractivity contribution < 1.29 is 22.7 Å². The second-order valence-corrected chi connectivity index (χ2v) is 10.2. The number of nitrogens with zero attached hydrogens (tertiary/aromatic N) is 2. The highest BCUT2D eigenvalue weighted by Crippen LogP contribution is 2.34. The fourth-order valence-corrected chi connectivity index (χ4v) is 5.50. The average molecular weight is 577 g/mol. The first kappa shape index (κ1) is 32.2. The van der Waals surface area contributed by atoms with Crippen molar-refractivity contribution in [2.24, 2.45) is 11.8 Å². The monoisotopic (exact) mass is 575 g/mol. The van der Waals surface area contributed by atoms with Gasteiger partial charge in [-0.05, 0) is 61.0 Å². The molecular weight excluding hydrogens is 538 g/mol. The molecule has 2 aliphatic rings. The molecule has 10 heteroatoms. The van der Waals surface area contributed by atoms with Crippen molar-refractivity contribution in [2.75, 3.05) is 32.7 Å². The van der Waals surface area contributed by atoms with Gasteiger partial charge in [-0.1, -0.05) is 56.3 Å². The van der Waals surface area contributed by atoms with Gasteiger partial charge >= 0.3 is 6.36 Å². The summed E-state index contributed by atoms with van der Waals surface area (Å²) in [6, 6.07) is 16.1. The van der Waals surface area contributed by atoms with E-state index in [1.54, 1.807) is 12.1 Å². The molecule has 0 bridgehead atoms. The number of alkyl halides is 3. The molecule has 0 radical (unpaired) electrons. The van der Waals surface area contributed by atoms with E-state index in [0.717, 1.165) is 37.1 Å². The van der Waals surface area contributed by atoms with E-state index in [1.807, 2.05) is 30.3 Å². The molecule has 212 valence electrons. The third kappa shape index (κ3) is 8.50. The van der Waals surface area contributed by atoms with E-state index < -0.39 is 6.36 Å². The van der Waals surface area contributed by atoms with Crippen LogP contribution in [0, 0.1) is 11.8 Å². The van der Waals surface area contributed by atoms with Gasteiger partial charge in [0, 0.05) is 32.1 Å². The smallest absolute Gasteiger partial charge is 0.406 e. The standard InChI is InChI=1S/C28H36F3N3O2.2ClH/c1-20(2)25-19-33(16-17-34(25)26(35)18-21-12-14-32-15-13-21)27(22-6-4-3-5-7-22)23-8-10-24(11-9-23)36-28(29,30)31;;/h3-11,20-21,25,27,32H,12-19H2,1-2H3;2*1H/t25-,27?;;/m1../s1. The van der Waals surface area contributed by atoms with Crippen LogP contribution in [0.3, 0.4) is 0 Å². The molecule has 1 N–H and O–H groups in total. The molecule has 2 saturated heterocycles. The summed E-state index contributed by atoms with van der Waals surface area (Å²) in [4.78, 5) is 17.8. The topological polar surface area (TPSA) is 44.8 Å². The fraction of sp³-hybridized carbons (Fsp3) is 0.536. The number of hydrogen-bond donors (Lipinski definition) is 1. The number of halogens is 5. The largest absolute Gasteiger partial charge is 0.573 e. The zero-order chi connectivity index (χ0) is 25.7. The Labute approximate surface area is 235 Å². The minimum absolute atomic E-state index is 0. The van der Waals surface area contributed by atoms with Crippen LogP contribution in [-0.4, -0.2) is 60.8 Å². The molecule has 1 unspecified atom stereocenters. The van der Waals surface area contributed by atoms with E-state index in [9.17, 15) is 18.0 Å². The van der Waals surface area contributed by atoms with Crippen LogP contribution < -0.4 is 10.1 Å². The number of hydrogen-bond acceptors (Lipinski definition) is 4. The number of carbonyl (C=O) groups excluding carboxylic acids is 1. The Kier molecular flexibility index (Phi) is 12.2. The lowest BCUT2D eigenvalue weighted by atomic mass is 9.91. The van der Waals surface area contributed by atoms with Gasteiger partial charge in [-0.15, -0.1) is 38.0 Å². The van der Waals surface area contributed by atoms with Gasteiger partial charge < -0.3 is 15.0 Å². The molecule has 4 rings (SSSR count). The summed E-state index contributed by atoms with van der Waals surface area (Å²) in [6.07, 6.45) is -2.03. The Bertz CT molecular complexity index is 987. The molecule has 2 fully saturated rings. The summed E-state index contributed by atoms with van der Waals surface area (Å²) in [5.41, 5.74) is 1.96. The van der Waals surface area contributed by atoms with E-state index in [0.29, 0.717) is 32.0 Å². The molecule has 0 aliphatic carbocycles. The Balaban J connectivity index is 0.00000253. The normalized spacial score (nSPS) is 19.8. The lowest BCUT2D eigenvalue weighted by molar-refractivity contribution is -0.274. The first-order valence-electron chi connectivity index (χ1n) is 12.9. The number of amides is 1. The predicted octanol–water partition coefficient (Wildman–Crippen LogP) is 6.08.